The minimum atomic E-state index is -0.766. The molecule has 0 atom stereocenters. The molecule has 0 amide bonds. The average molecular weight is 300 g/mol. The number of ether oxygens (including phenoxy) is 2. The van der Waals surface area contributed by atoms with Gasteiger partial charge in [-0.3, -0.25) is 0 Å². The van der Waals surface area contributed by atoms with E-state index in [0.717, 1.165) is 6.07 Å². The number of benzene rings is 1. The van der Waals surface area contributed by atoms with E-state index in [4.69, 9.17) is 4.74 Å². The average Bonchev–Trinajstić information content (AvgIpc) is 2.12. The van der Waals surface area contributed by atoms with Gasteiger partial charge in [-0.15, -0.1) is 0 Å². The van der Waals surface area contributed by atoms with Crippen LogP contribution in [0, 0.1) is 15.2 Å². The van der Waals surface area contributed by atoms with Gasteiger partial charge in [0.2, 0.25) is 0 Å². The highest BCUT2D eigenvalue weighted by Crippen LogP contribution is 2.32. The Balaban J connectivity index is 3.37. The van der Waals surface area contributed by atoms with E-state index in [0.29, 0.717) is 0 Å². The normalized spacial score (nSPS) is 9.92. The number of methoxy groups -OCH3 is 2. The second kappa shape index (κ2) is 4.08. The Morgan fingerprint density at radius 3 is 2.31 bits per heavy atom. The van der Waals surface area contributed by atoms with Crippen LogP contribution in [0.5, 0.6) is 11.5 Å². The van der Waals surface area contributed by atoms with Crippen LogP contribution in [0.1, 0.15) is 0 Å². The summed E-state index contributed by atoms with van der Waals surface area (Å²) in [5.74, 6) is -1.72. The highest BCUT2D eigenvalue weighted by atomic mass is 127. The Bertz CT molecular complexity index is 328. The van der Waals surface area contributed by atoms with Crippen molar-refractivity contribution >= 4 is 22.6 Å². The molecule has 13 heavy (non-hydrogen) atoms. The number of hydrogen-bond donors (Lipinski definition) is 0. The van der Waals surface area contributed by atoms with Crippen LogP contribution < -0.4 is 9.47 Å². The molecule has 1 rings (SSSR count). The van der Waals surface area contributed by atoms with Crippen molar-refractivity contribution in [3.05, 3.63) is 21.3 Å². The molecule has 0 aromatic heterocycles. The second-order valence-electron chi connectivity index (χ2n) is 2.22. The summed E-state index contributed by atoms with van der Waals surface area (Å²) in [7, 11) is 2.56. The van der Waals surface area contributed by atoms with E-state index in [1.54, 1.807) is 22.6 Å². The highest BCUT2D eigenvalue weighted by molar-refractivity contribution is 14.1. The molecule has 72 valence electrons. The van der Waals surface area contributed by atoms with Crippen molar-refractivity contribution in [3.8, 4) is 11.5 Å². The quantitative estimate of drug-likeness (QED) is 0.617. The largest absolute Gasteiger partial charge is 0.495 e. The summed E-state index contributed by atoms with van der Waals surface area (Å²) in [6.45, 7) is 0. The van der Waals surface area contributed by atoms with Crippen LogP contribution in [0.2, 0.25) is 0 Å². The summed E-state index contributed by atoms with van der Waals surface area (Å²) in [4.78, 5) is 0. The van der Waals surface area contributed by atoms with Gasteiger partial charge in [0.1, 0.15) is 5.75 Å². The number of halogens is 3. The van der Waals surface area contributed by atoms with Crippen LogP contribution in [0.25, 0.3) is 0 Å². The summed E-state index contributed by atoms with van der Waals surface area (Å²) in [5.41, 5.74) is 0. The first kappa shape index (κ1) is 10.5. The molecule has 0 spiro atoms. The Kier molecular flexibility index (Phi) is 3.29. The van der Waals surface area contributed by atoms with Gasteiger partial charge in [0.15, 0.2) is 17.4 Å². The van der Waals surface area contributed by atoms with Crippen molar-refractivity contribution < 1.29 is 18.3 Å². The molecule has 0 bridgehead atoms. The fourth-order valence-corrected chi connectivity index (χ4v) is 1.51. The molecule has 0 aliphatic heterocycles. The minimum Gasteiger partial charge on any atom is -0.495 e. The molecule has 0 fully saturated rings. The molecule has 1 aromatic rings. The monoisotopic (exact) mass is 300 g/mol. The zero-order valence-corrected chi connectivity index (χ0v) is 9.19. The van der Waals surface area contributed by atoms with Gasteiger partial charge in [0, 0.05) is 6.07 Å². The van der Waals surface area contributed by atoms with E-state index in [-0.39, 0.29) is 15.1 Å². The van der Waals surface area contributed by atoms with Gasteiger partial charge in [-0.05, 0) is 22.6 Å². The van der Waals surface area contributed by atoms with Gasteiger partial charge in [0.05, 0.1) is 17.8 Å². The molecular weight excluding hydrogens is 293 g/mol. The third kappa shape index (κ3) is 1.84. The van der Waals surface area contributed by atoms with Gasteiger partial charge in [-0.2, -0.15) is 0 Å². The van der Waals surface area contributed by atoms with E-state index in [2.05, 4.69) is 4.74 Å². The smallest absolute Gasteiger partial charge is 0.191 e. The zero-order chi connectivity index (χ0) is 10.0. The van der Waals surface area contributed by atoms with Crippen molar-refractivity contribution in [1.29, 1.82) is 0 Å². The molecule has 0 heterocycles. The third-order valence-corrected chi connectivity index (χ3v) is 2.51. The third-order valence-electron chi connectivity index (χ3n) is 1.51. The van der Waals surface area contributed by atoms with Crippen LogP contribution in [0.3, 0.4) is 0 Å². The summed E-state index contributed by atoms with van der Waals surface area (Å²) in [6.07, 6.45) is 0. The molecule has 0 radical (unpaired) electrons. The molecular formula is C8H7F2IO2. The lowest BCUT2D eigenvalue weighted by Gasteiger charge is -2.08. The Labute approximate surface area is 88.0 Å². The standard InChI is InChI=1S/C8H7F2IO2/c1-12-5-3-4(9)8(13-2)6(10)7(5)11/h3H,1-2H3. The summed E-state index contributed by atoms with van der Waals surface area (Å²) in [6, 6.07) is 1.09. The molecule has 0 saturated heterocycles. The van der Waals surface area contributed by atoms with E-state index < -0.39 is 11.6 Å². The van der Waals surface area contributed by atoms with Crippen molar-refractivity contribution in [2.45, 2.75) is 0 Å². The first-order valence-corrected chi connectivity index (χ1v) is 4.45. The maximum Gasteiger partial charge on any atom is 0.191 e. The highest BCUT2D eigenvalue weighted by Gasteiger charge is 2.17. The fourth-order valence-electron chi connectivity index (χ4n) is 0.892. The fraction of sp³-hybridized carbons (Fsp3) is 0.250. The van der Waals surface area contributed by atoms with Crippen LogP contribution >= 0.6 is 22.6 Å². The van der Waals surface area contributed by atoms with Gasteiger partial charge in [-0.1, -0.05) is 0 Å². The van der Waals surface area contributed by atoms with Crippen LogP contribution in [0.15, 0.2) is 6.07 Å². The van der Waals surface area contributed by atoms with Crippen molar-refractivity contribution in [1.82, 2.24) is 0 Å². The lowest BCUT2D eigenvalue weighted by Crippen LogP contribution is -1.98. The van der Waals surface area contributed by atoms with Gasteiger partial charge < -0.3 is 9.47 Å². The molecule has 0 N–H and O–H groups in total. The van der Waals surface area contributed by atoms with E-state index in [1.165, 1.54) is 14.2 Å². The molecule has 1 aromatic carbocycles. The lowest BCUT2D eigenvalue weighted by molar-refractivity contribution is 0.348. The topological polar surface area (TPSA) is 18.5 Å². The molecule has 0 aliphatic carbocycles. The lowest BCUT2D eigenvalue weighted by atomic mass is 10.3. The van der Waals surface area contributed by atoms with Crippen LogP contribution in [-0.4, -0.2) is 14.2 Å². The predicted molar refractivity (Wildman–Crippen MR) is 52.2 cm³/mol. The molecule has 2 nitrogen and oxygen atoms in total. The summed E-state index contributed by atoms with van der Waals surface area (Å²) < 4.78 is 35.8. The molecule has 5 heteroatoms. The molecule has 0 unspecified atom stereocenters. The zero-order valence-electron chi connectivity index (χ0n) is 7.03. The van der Waals surface area contributed by atoms with Crippen molar-refractivity contribution in [3.63, 3.8) is 0 Å². The van der Waals surface area contributed by atoms with Crippen LogP contribution in [0.4, 0.5) is 8.78 Å². The van der Waals surface area contributed by atoms with E-state index in [9.17, 15) is 8.78 Å². The SMILES string of the molecule is COc1cc(F)c(OC)c(F)c1I. The van der Waals surface area contributed by atoms with E-state index >= 15 is 0 Å². The van der Waals surface area contributed by atoms with Gasteiger partial charge >= 0.3 is 0 Å². The molecule has 0 aliphatic rings. The summed E-state index contributed by atoms with van der Waals surface area (Å²) in [5, 5.41) is 0. The maximum atomic E-state index is 13.3. The first-order chi connectivity index (χ1) is 6.11. The first-order valence-electron chi connectivity index (χ1n) is 3.37. The van der Waals surface area contributed by atoms with Crippen molar-refractivity contribution in [2.75, 3.05) is 14.2 Å². The van der Waals surface area contributed by atoms with Crippen LogP contribution in [-0.2, 0) is 0 Å². The van der Waals surface area contributed by atoms with Crippen molar-refractivity contribution in [2.24, 2.45) is 0 Å². The van der Waals surface area contributed by atoms with E-state index in [1.807, 2.05) is 0 Å². The van der Waals surface area contributed by atoms with Gasteiger partial charge in [0.25, 0.3) is 0 Å². The summed E-state index contributed by atoms with van der Waals surface area (Å²) >= 11 is 1.72. The minimum absolute atomic E-state index is 0.163. The number of hydrogen-bond acceptors (Lipinski definition) is 2. The van der Waals surface area contributed by atoms with Gasteiger partial charge in [-0.25, -0.2) is 8.78 Å². The second-order valence-corrected chi connectivity index (χ2v) is 3.30. The number of rotatable bonds is 2. The Hall–Kier alpha value is -0.590. The maximum absolute atomic E-state index is 13.3. The Morgan fingerprint density at radius 1 is 1.23 bits per heavy atom. The Morgan fingerprint density at radius 2 is 1.85 bits per heavy atom. The predicted octanol–water partition coefficient (Wildman–Crippen LogP) is 2.59. The molecule has 0 saturated carbocycles.